The number of carbonyl (C=O) groups is 1. The van der Waals surface area contributed by atoms with Gasteiger partial charge in [0.25, 0.3) is 0 Å². The summed E-state index contributed by atoms with van der Waals surface area (Å²) < 4.78 is 37.8. The first-order chi connectivity index (χ1) is 8.40. The topological polar surface area (TPSA) is 30.0 Å². The van der Waals surface area contributed by atoms with Crippen LogP contribution in [0.2, 0.25) is 5.02 Å². The van der Waals surface area contributed by atoms with Crippen LogP contribution in [-0.4, -0.2) is 11.3 Å². The molecule has 2 nitrogen and oxygen atoms in total. The average molecular weight is 292 g/mol. The first kappa shape index (κ1) is 13.0. The summed E-state index contributed by atoms with van der Waals surface area (Å²) in [6, 6.07) is 3.18. The molecule has 0 aliphatic rings. The second-order valence-corrected chi connectivity index (χ2v) is 4.72. The maximum Gasteiger partial charge on any atom is 0.416 e. The predicted molar refractivity (Wildman–Crippen MR) is 62.9 cm³/mol. The first-order valence-electron chi connectivity index (χ1n) is 4.69. The van der Waals surface area contributed by atoms with E-state index in [9.17, 15) is 18.0 Å². The number of halogens is 4. The Labute approximate surface area is 109 Å². The second kappa shape index (κ2) is 4.70. The molecule has 0 saturated heterocycles. The molecule has 0 radical (unpaired) electrons. The summed E-state index contributed by atoms with van der Waals surface area (Å²) >= 11 is 6.74. The molecule has 0 bridgehead atoms. The maximum absolute atomic E-state index is 12.6. The van der Waals surface area contributed by atoms with Crippen molar-refractivity contribution in [2.75, 3.05) is 0 Å². The number of benzene rings is 1. The molecular formula is C11H5ClF3NOS. The van der Waals surface area contributed by atoms with Gasteiger partial charge in [0.05, 0.1) is 5.56 Å². The van der Waals surface area contributed by atoms with Crippen molar-refractivity contribution in [1.29, 1.82) is 0 Å². The monoisotopic (exact) mass is 291 g/mol. The molecular weight excluding hydrogens is 287 g/mol. The third-order valence-corrected chi connectivity index (χ3v) is 3.24. The number of thiazole rings is 1. The van der Waals surface area contributed by atoms with Gasteiger partial charge >= 0.3 is 6.18 Å². The van der Waals surface area contributed by atoms with E-state index in [1.54, 1.807) is 0 Å². The number of alkyl halides is 3. The third-order valence-electron chi connectivity index (χ3n) is 2.11. The average Bonchev–Trinajstić information content (AvgIpc) is 2.75. The number of hydrogen-bond acceptors (Lipinski definition) is 3. The molecule has 18 heavy (non-hydrogen) atoms. The minimum absolute atomic E-state index is 0.0253. The smallest absolute Gasteiger partial charge is 0.296 e. The van der Waals surface area contributed by atoms with E-state index in [-0.39, 0.29) is 16.3 Å². The van der Waals surface area contributed by atoms with E-state index < -0.39 is 11.7 Å². The molecule has 0 aliphatic heterocycles. The number of rotatable bonds is 2. The minimum atomic E-state index is -4.47. The van der Waals surface area contributed by atoms with E-state index in [0.717, 1.165) is 23.5 Å². The molecule has 0 spiro atoms. The molecule has 0 fully saturated rings. The molecule has 1 heterocycles. The summed E-state index contributed by atoms with van der Waals surface area (Å²) in [5.74, 6) is 0. The maximum atomic E-state index is 12.6. The summed E-state index contributed by atoms with van der Waals surface area (Å²) in [6.07, 6.45) is -3.93. The highest BCUT2D eigenvalue weighted by atomic mass is 35.5. The van der Waals surface area contributed by atoms with Crippen molar-refractivity contribution in [1.82, 2.24) is 4.98 Å². The normalized spacial score (nSPS) is 11.6. The summed E-state index contributed by atoms with van der Waals surface area (Å²) in [7, 11) is 0. The molecule has 1 aromatic carbocycles. The summed E-state index contributed by atoms with van der Waals surface area (Å²) in [4.78, 5) is 14.4. The molecule has 0 unspecified atom stereocenters. The molecule has 1 aromatic heterocycles. The summed E-state index contributed by atoms with van der Waals surface area (Å²) in [5.41, 5.74) is -0.413. The molecule has 0 amide bonds. The van der Waals surface area contributed by atoms with Gasteiger partial charge < -0.3 is 0 Å². The minimum Gasteiger partial charge on any atom is -0.296 e. The Morgan fingerprint density at radius 2 is 2.00 bits per heavy atom. The van der Waals surface area contributed by atoms with Gasteiger partial charge in [-0.3, -0.25) is 4.79 Å². The Morgan fingerprint density at radius 3 is 2.56 bits per heavy atom. The zero-order valence-corrected chi connectivity index (χ0v) is 10.2. The molecule has 0 aliphatic carbocycles. The zero-order chi connectivity index (χ0) is 13.3. The van der Waals surface area contributed by atoms with E-state index in [1.165, 1.54) is 11.4 Å². The van der Waals surface area contributed by atoms with Crippen molar-refractivity contribution in [3.8, 4) is 10.6 Å². The highest BCUT2D eigenvalue weighted by Crippen LogP contribution is 2.35. The predicted octanol–water partition coefficient (Wildman–Crippen LogP) is 4.29. The van der Waals surface area contributed by atoms with Gasteiger partial charge in [0.1, 0.15) is 10.7 Å². The van der Waals surface area contributed by atoms with Crippen molar-refractivity contribution in [3.63, 3.8) is 0 Å². The number of carbonyl (C=O) groups excluding carboxylic acids is 1. The zero-order valence-electron chi connectivity index (χ0n) is 8.66. The number of hydrogen-bond donors (Lipinski definition) is 0. The highest BCUT2D eigenvalue weighted by molar-refractivity contribution is 7.13. The Bertz CT molecular complexity index is 594. The SMILES string of the molecule is O=Cc1csc(-c2cc(Cl)cc(C(F)(F)F)c2)n1. The lowest BCUT2D eigenvalue weighted by Gasteiger charge is -2.08. The van der Waals surface area contributed by atoms with Crippen molar-refractivity contribution in [2.24, 2.45) is 0 Å². The Kier molecular flexibility index (Phi) is 3.41. The molecule has 94 valence electrons. The van der Waals surface area contributed by atoms with Gasteiger partial charge in [0, 0.05) is 16.0 Å². The molecule has 7 heteroatoms. The molecule has 0 atom stereocenters. The van der Waals surface area contributed by atoms with Crippen LogP contribution in [0.1, 0.15) is 16.1 Å². The standard InChI is InChI=1S/C11H5ClF3NOS/c12-8-2-6(1-7(3-8)11(13,14)15)10-16-9(4-17)5-18-10/h1-5H. The van der Waals surface area contributed by atoms with E-state index in [2.05, 4.69) is 4.98 Å². The number of nitrogens with zero attached hydrogens (tertiary/aromatic N) is 1. The molecule has 2 aromatic rings. The fourth-order valence-electron chi connectivity index (χ4n) is 1.35. The lowest BCUT2D eigenvalue weighted by Crippen LogP contribution is -2.04. The van der Waals surface area contributed by atoms with Gasteiger partial charge in [-0.1, -0.05) is 11.6 Å². The van der Waals surface area contributed by atoms with Crippen LogP contribution in [0.15, 0.2) is 23.6 Å². The quantitative estimate of drug-likeness (QED) is 0.772. The van der Waals surface area contributed by atoms with Gasteiger partial charge in [-0.05, 0) is 18.2 Å². The van der Waals surface area contributed by atoms with Crippen molar-refractivity contribution in [2.45, 2.75) is 6.18 Å². The summed E-state index contributed by atoms with van der Waals surface area (Å²) in [5, 5.41) is 1.77. The molecule has 0 saturated carbocycles. The Balaban J connectivity index is 2.51. The largest absolute Gasteiger partial charge is 0.416 e. The van der Waals surface area contributed by atoms with E-state index in [1.807, 2.05) is 0 Å². The van der Waals surface area contributed by atoms with E-state index in [4.69, 9.17) is 11.6 Å². The Hall–Kier alpha value is -1.40. The van der Waals surface area contributed by atoms with E-state index >= 15 is 0 Å². The van der Waals surface area contributed by atoms with Crippen LogP contribution in [0.4, 0.5) is 13.2 Å². The van der Waals surface area contributed by atoms with Crippen LogP contribution in [0.25, 0.3) is 10.6 Å². The second-order valence-electron chi connectivity index (χ2n) is 3.42. The molecule has 0 N–H and O–H groups in total. The van der Waals surface area contributed by atoms with Crippen molar-refractivity contribution in [3.05, 3.63) is 39.9 Å². The van der Waals surface area contributed by atoms with Crippen molar-refractivity contribution < 1.29 is 18.0 Å². The first-order valence-corrected chi connectivity index (χ1v) is 5.95. The number of aromatic nitrogens is 1. The number of aldehydes is 1. The van der Waals surface area contributed by atoms with Crippen LogP contribution in [0.3, 0.4) is 0 Å². The lowest BCUT2D eigenvalue weighted by molar-refractivity contribution is -0.137. The van der Waals surface area contributed by atoms with Crippen LogP contribution in [-0.2, 0) is 6.18 Å². The lowest BCUT2D eigenvalue weighted by atomic mass is 10.1. The van der Waals surface area contributed by atoms with Crippen LogP contribution < -0.4 is 0 Å². The molecule has 2 rings (SSSR count). The van der Waals surface area contributed by atoms with Crippen LogP contribution >= 0.6 is 22.9 Å². The van der Waals surface area contributed by atoms with Gasteiger partial charge in [0.15, 0.2) is 6.29 Å². The highest BCUT2D eigenvalue weighted by Gasteiger charge is 2.31. The van der Waals surface area contributed by atoms with Crippen LogP contribution in [0, 0.1) is 0 Å². The summed E-state index contributed by atoms with van der Waals surface area (Å²) in [6.45, 7) is 0. The Morgan fingerprint density at radius 1 is 1.28 bits per heavy atom. The van der Waals surface area contributed by atoms with Gasteiger partial charge in [-0.25, -0.2) is 4.98 Å². The van der Waals surface area contributed by atoms with Crippen LogP contribution in [0.5, 0.6) is 0 Å². The van der Waals surface area contributed by atoms with Gasteiger partial charge in [-0.15, -0.1) is 11.3 Å². The third kappa shape index (κ3) is 2.70. The van der Waals surface area contributed by atoms with Crippen molar-refractivity contribution >= 4 is 29.2 Å². The van der Waals surface area contributed by atoms with E-state index in [0.29, 0.717) is 11.3 Å². The fourth-order valence-corrected chi connectivity index (χ4v) is 2.34. The van der Waals surface area contributed by atoms with Gasteiger partial charge in [0.2, 0.25) is 0 Å². The fraction of sp³-hybridized carbons (Fsp3) is 0.0909. The van der Waals surface area contributed by atoms with Gasteiger partial charge in [-0.2, -0.15) is 13.2 Å².